The predicted molar refractivity (Wildman–Crippen MR) is 114 cm³/mol. The van der Waals surface area contributed by atoms with Gasteiger partial charge in [0.15, 0.2) is 0 Å². The molecule has 1 aliphatic carbocycles. The molecule has 3 aliphatic rings. The minimum absolute atomic E-state index is 0.160. The number of aliphatic hydroxyl groups is 3. The summed E-state index contributed by atoms with van der Waals surface area (Å²) in [6, 6.07) is -0.993. The molecular formula is C20H35ClN2O5S. The first-order chi connectivity index (χ1) is 13.8. The van der Waals surface area contributed by atoms with Crippen molar-refractivity contribution in [3.8, 4) is 0 Å². The van der Waals surface area contributed by atoms with Crippen LogP contribution in [0.4, 0.5) is 0 Å². The van der Waals surface area contributed by atoms with Crippen LogP contribution in [0.25, 0.3) is 0 Å². The second-order valence-corrected chi connectivity index (χ2v) is 10.4. The van der Waals surface area contributed by atoms with Gasteiger partial charge in [0.05, 0.1) is 17.5 Å². The second-order valence-electron chi connectivity index (χ2n) is 8.81. The van der Waals surface area contributed by atoms with E-state index in [-0.39, 0.29) is 11.9 Å². The first-order valence-electron chi connectivity index (χ1n) is 10.7. The number of carbonyl (C=O) groups excluding carboxylic acids is 1. The molecule has 1 saturated carbocycles. The average molecular weight is 451 g/mol. The molecule has 0 bridgehead atoms. The Morgan fingerprint density at radius 3 is 2.41 bits per heavy atom. The molecule has 0 aromatic carbocycles. The van der Waals surface area contributed by atoms with Crippen molar-refractivity contribution in [2.24, 2.45) is 11.8 Å². The molecule has 9 unspecified atom stereocenters. The van der Waals surface area contributed by atoms with E-state index >= 15 is 0 Å². The highest BCUT2D eigenvalue weighted by Gasteiger charge is 2.48. The molecule has 3 fully saturated rings. The molecule has 3 rings (SSSR count). The Labute approximate surface area is 182 Å². The van der Waals surface area contributed by atoms with Gasteiger partial charge in [-0.15, -0.1) is 23.4 Å². The number of hydrogen-bond acceptors (Lipinski definition) is 7. The molecular weight excluding hydrogens is 416 g/mol. The number of thioether (sulfide) groups is 1. The zero-order valence-corrected chi connectivity index (χ0v) is 18.7. The van der Waals surface area contributed by atoms with Crippen LogP contribution in [-0.4, -0.2) is 81.3 Å². The smallest absolute Gasteiger partial charge is 0.237 e. The van der Waals surface area contributed by atoms with Gasteiger partial charge in [-0.3, -0.25) is 4.79 Å². The lowest BCUT2D eigenvalue weighted by molar-refractivity contribution is -0.205. The normalized spacial score (nSPS) is 40.7. The van der Waals surface area contributed by atoms with Crippen LogP contribution in [0.5, 0.6) is 0 Å². The Bertz CT molecular complexity index is 551. The molecule has 9 heteroatoms. The fraction of sp³-hybridized carbons (Fsp3) is 0.950. The van der Waals surface area contributed by atoms with Crippen LogP contribution in [0.1, 0.15) is 45.4 Å². The molecule has 0 spiro atoms. The molecule has 9 atom stereocenters. The van der Waals surface area contributed by atoms with E-state index < -0.39 is 41.3 Å². The molecule has 5 N–H and O–H groups in total. The van der Waals surface area contributed by atoms with Gasteiger partial charge in [-0.05, 0) is 57.2 Å². The summed E-state index contributed by atoms with van der Waals surface area (Å²) in [6.45, 7) is 2.54. The van der Waals surface area contributed by atoms with Gasteiger partial charge in [0, 0.05) is 0 Å². The van der Waals surface area contributed by atoms with Crippen molar-refractivity contribution in [2.45, 2.75) is 92.8 Å². The fourth-order valence-corrected chi connectivity index (χ4v) is 5.37. The third-order valence-corrected chi connectivity index (χ3v) is 7.61. The van der Waals surface area contributed by atoms with E-state index in [1.807, 2.05) is 0 Å². The maximum atomic E-state index is 13.0. The Hall–Kier alpha value is -0.0900. The van der Waals surface area contributed by atoms with Gasteiger partial charge in [-0.2, -0.15) is 0 Å². The number of ether oxygens (including phenoxy) is 1. The summed E-state index contributed by atoms with van der Waals surface area (Å²) >= 11 is 7.58. The highest BCUT2D eigenvalue weighted by Crippen LogP contribution is 2.38. The zero-order chi connectivity index (χ0) is 21.1. The summed E-state index contributed by atoms with van der Waals surface area (Å²) in [5, 5.41) is 36.5. The molecule has 168 valence electrons. The van der Waals surface area contributed by atoms with E-state index in [4.69, 9.17) is 16.3 Å². The maximum absolute atomic E-state index is 13.0. The van der Waals surface area contributed by atoms with Gasteiger partial charge in [0.1, 0.15) is 29.9 Å². The molecule has 2 heterocycles. The molecule has 0 aromatic rings. The van der Waals surface area contributed by atoms with Gasteiger partial charge >= 0.3 is 0 Å². The maximum Gasteiger partial charge on any atom is 0.237 e. The summed E-state index contributed by atoms with van der Waals surface area (Å²) in [5.74, 6) is 1.41. The van der Waals surface area contributed by atoms with Gasteiger partial charge in [-0.25, -0.2) is 0 Å². The summed E-state index contributed by atoms with van der Waals surface area (Å²) in [5.41, 5.74) is -0.701. The first kappa shape index (κ1) is 23.6. The monoisotopic (exact) mass is 450 g/mol. The largest absolute Gasteiger partial charge is 0.388 e. The zero-order valence-electron chi connectivity index (χ0n) is 17.2. The Morgan fingerprint density at radius 2 is 1.79 bits per heavy atom. The number of rotatable bonds is 7. The Balaban J connectivity index is 1.61. The van der Waals surface area contributed by atoms with Crippen LogP contribution in [0.15, 0.2) is 0 Å². The van der Waals surface area contributed by atoms with Crippen molar-refractivity contribution in [3.63, 3.8) is 0 Å². The van der Waals surface area contributed by atoms with Crippen LogP contribution in [0, 0.1) is 11.8 Å². The predicted octanol–water partition coefficient (Wildman–Crippen LogP) is 0.827. The van der Waals surface area contributed by atoms with E-state index in [2.05, 4.69) is 10.6 Å². The van der Waals surface area contributed by atoms with Gasteiger partial charge in [-0.1, -0.05) is 12.8 Å². The second kappa shape index (κ2) is 10.5. The van der Waals surface area contributed by atoms with Crippen molar-refractivity contribution in [1.82, 2.24) is 10.6 Å². The van der Waals surface area contributed by atoms with Crippen LogP contribution < -0.4 is 10.6 Å². The van der Waals surface area contributed by atoms with Crippen LogP contribution in [0.2, 0.25) is 0 Å². The lowest BCUT2D eigenvalue weighted by Gasteiger charge is -2.44. The van der Waals surface area contributed by atoms with Crippen molar-refractivity contribution in [1.29, 1.82) is 0 Å². The number of carbonyl (C=O) groups is 1. The molecule has 2 saturated heterocycles. The molecule has 1 amide bonds. The van der Waals surface area contributed by atoms with Gasteiger partial charge in [0.25, 0.3) is 0 Å². The standard InChI is InChI=1S/C20H35ClN2O5S/c1-10(21)14(18-16(25)15(24)17(26)20(28-18)29-2)23-19(27)13-6-5-12(7-8-22-13)9-11-3-4-11/h10-18,20,22,24-26H,3-9H2,1-2H3,(H,23,27). The van der Waals surface area contributed by atoms with Crippen LogP contribution in [-0.2, 0) is 9.53 Å². The van der Waals surface area contributed by atoms with Crippen molar-refractivity contribution >= 4 is 29.3 Å². The lowest BCUT2D eigenvalue weighted by atomic mass is 9.92. The topological polar surface area (TPSA) is 111 Å². The average Bonchev–Trinajstić information content (AvgIpc) is 3.52. The van der Waals surface area contributed by atoms with E-state index in [0.717, 1.165) is 31.7 Å². The quantitative estimate of drug-likeness (QED) is 0.365. The fourth-order valence-electron chi connectivity index (χ4n) is 4.48. The minimum atomic E-state index is -1.36. The molecule has 7 nitrogen and oxygen atoms in total. The molecule has 2 aliphatic heterocycles. The summed E-state index contributed by atoms with van der Waals surface area (Å²) < 4.78 is 5.82. The number of alkyl halides is 1. The van der Waals surface area contributed by atoms with Gasteiger partial charge in [0.2, 0.25) is 5.91 Å². The SMILES string of the molecule is CSC1OC(C(NC(=O)C2CCC(CC3CC3)CCN2)C(C)Cl)C(O)C(O)C1O. The molecule has 0 aromatic heterocycles. The summed E-state index contributed by atoms with van der Waals surface area (Å²) in [4.78, 5) is 13.0. The minimum Gasteiger partial charge on any atom is -0.388 e. The van der Waals surface area contributed by atoms with E-state index in [1.54, 1.807) is 13.2 Å². The Kier molecular flexibility index (Phi) is 8.52. The third kappa shape index (κ3) is 5.99. The van der Waals surface area contributed by atoms with Crippen molar-refractivity contribution in [2.75, 3.05) is 12.8 Å². The van der Waals surface area contributed by atoms with Crippen molar-refractivity contribution in [3.05, 3.63) is 0 Å². The number of hydrogen-bond donors (Lipinski definition) is 5. The molecule has 0 radical (unpaired) electrons. The first-order valence-corrected chi connectivity index (χ1v) is 12.4. The Morgan fingerprint density at radius 1 is 1.14 bits per heavy atom. The third-order valence-electron chi connectivity index (χ3n) is 6.48. The van der Waals surface area contributed by atoms with E-state index in [9.17, 15) is 20.1 Å². The lowest BCUT2D eigenvalue weighted by Crippen LogP contribution is -2.65. The highest BCUT2D eigenvalue weighted by atomic mass is 35.5. The number of halogens is 1. The number of aliphatic hydroxyl groups excluding tert-OH is 3. The summed E-state index contributed by atoms with van der Waals surface area (Å²) in [6.07, 6.45) is 3.82. The number of amides is 1. The van der Waals surface area contributed by atoms with Crippen LogP contribution >= 0.6 is 23.4 Å². The van der Waals surface area contributed by atoms with E-state index in [1.165, 1.54) is 31.0 Å². The van der Waals surface area contributed by atoms with Crippen molar-refractivity contribution < 1.29 is 24.9 Å². The number of nitrogens with one attached hydrogen (secondary N) is 2. The molecule has 29 heavy (non-hydrogen) atoms. The summed E-state index contributed by atoms with van der Waals surface area (Å²) in [7, 11) is 0. The highest BCUT2D eigenvalue weighted by molar-refractivity contribution is 7.99. The van der Waals surface area contributed by atoms with Gasteiger partial charge < -0.3 is 30.7 Å². The van der Waals surface area contributed by atoms with Crippen LogP contribution in [0.3, 0.4) is 0 Å². The van der Waals surface area contributed by atoms with E-state index in [0.29, 0.717) is 5.92 Å².